The Balaban J connectivity index is 0.00000441. The van der Waals surface area contributed by atoms with E-state index in [-0.39, 0.29) is 23.2 Å². The predicted molar refractivity (Wildman–Crippen MR) is 82.8 cm³/mol. The highest BCUT2D eigenvalue weighted by Gasteiger charge is 2.14. The summed E-state index contributed by atoms with van der Waals surface area (Å²) in [6.07, 6.45) is 0. The number of carbonyl (C=O) groups excluding carboxylic acids is 1. The van der Waals surface area contributed by atoms with Gasteiger partial charge >= 0.3 is 0 Å². The van der Waals surface area contributed by atoms with Crippen LogP contribution in [0.4, 0.5) is 5.69 Å². The monoisotopic (exact) mass is 349 g/mol. The molecular weight excluding hydrogens is 326 g/mol. The van der Waals surface area contributed by atoms with Crippen LogP contribution in [0.5, 0.6) is 0 Å². The van der Waals surface area contributed by atoms with Crippen molar-refractivity contribution in [3.63, 3.8) is 0 Å². The van der Waals surface area contributed by atoms with Gasteiger partial charge in [0.05, 0.1) is 31.1 Å². The number of likely N-dealkylation sites (N-methyl/N-ethyl adjacent to an activating group) is 1. The number of amides is 1. The van der Waals surface area contributed by atoms with Crippen LogP contribution in [0.15, 0.2) is 29.2 Å². The number of nitrogens with one attached hydrogen (secondary N) is 3. The molecule has 0 aliphatic heterocycles. The first kappa shape index (κ1) is 20.9. The van der Waals surface area contributed by atoms with Gasteiger partial charge < -0.3 is 22.6 Å². The van der Waals surface area contributed by atoms with Crippen LogP contribution in [0, 0.1) is 0 Å². The van der Waals surface area contributed by atoms with Crippen molar-refractivity contribution in [1.82, 2.24) is 4.72 Å². The number of benzene rings is 1. The third-order valence-electron chi connectivity index (χ3n) is 3.26. The van der Waals surface area contributed by atoms with E-state index in [0.29, 0.717) is 12.2 Å². The zero-order chi connectivity index (χ0) is 15.9. The Bertz CT molecular complexity index is 557. The van der Waals surface area contributed by atoms with E-state index in [4.69, 9.17) is 0 Å². The molecule has 0 spiro atoms. The van der Waals surface area contributed by atoms with Crippen LogP contribution in [0.3, 0.4) is 0 Å². The molecule has 1 amide bonds. The molecule has 6 nitrogen and oxygen atoms in total. The first-order valence-corrected chi connectivity index (χ1v) is 8.58. The highest BCUT2D eigenvalue weighted by Crippen LogP contribution is 2.13. The summed E-state index contributed by atoms with van der Waals surface area (Å²) in [4.78, 5) is 12.5. The number of quaternary nitrogens is 1. The average Bonchev–Trinajstić information content (AvgIpc) is 2.43. The van der Waals surface area contributed by atoms with Gasteiger partial charge in [-0.1, -0.05) is 0 Å². The summed E-state index contributed by atoms with van der Waals surface area (Å²) in [6.45, 7) is 8.68. The summed E-state index contributed by atoms with van der Waals surface area (Å²) >= 11 is 0. The predicted octanol–water partition coefficient (Wildman–Crippen LogP) is -3.15. The number of hydrogen-bond donors (Lipinski definition) is 3. The van der Waals surface area contributed by atoms with E-state index in [1.165, 1.54) is 24.0 Å². The molecule has 22 heavy (non-hydrogen) atoms. The van der Waals surface area contributed by atoms with E-state index < -0.39 is 10.0 Å². The summed E-state index contributed by atoms with van der Waals surface area (Å²) < 4.78 is 26.8. The van der Waals surface area contributed by atoms with Crippen molar-refractivity contribution in [2.45, 2.75) is 25.7 Å². The number of sulfonamides is 1. The SMILES string of the molecule is CC[NH+](CC)CCNS(=O)(=O)c1ccc(NC(C)=O)cc1.[Cl-]. The van der Waals surface area contributed by atoms with E-state index in [1.807, 2.05) is 0 Å². The number of anilines is 1. The fourth-order valence-electron chi connectivity index (χ4n) is 1.97. The standard InChI is InChI=1S/C14H23N3O3S.ClH/c1-4-17(5-2)11-10-15-21(19,20)14-8-6-13(7-9-14)16-12(3)18;/h6-9,15H,4-5,10-11H2,1-3H3,(H,16,18);1H. The lowest BCUT2D eigenvalue weighted by Crippen LogP contribution is -3.12. The second-order valence-electron chi connectivity index (χ2n) is 4.81. The second kappa shape index (κ2) is 9.78. The minimum absolute atomic E-state index is 0. The van der Waals surface area contributed by atoms with Crippen LogP contribution in [0.25, 0.3) is 0 Å². The highest BCUT2D eigenvalue weighted by molar-refractivity contribution is 7.89. The molecule has 0 aliphatic carbocycles. The molecule has 0 aliphatic rings. The van der Waals surface area contributed by atoms with Crippen LogP contribution < -0.4 is 27.3 Å². The van der Waals surface area contributed by atoms with Crippen molar-refractivity contribution in [3.05, 3.63) is 24.3 Å². The van der Waals surface area contributed by atoms with E-state index in [9.17, 15) is 13.2 Å². The summed E-state index contributed by atoms with van der Waals surface area (Å²) in [7, 11) is -3.49. The minimum Gasteiger partial charge on any atom is -1.00 e. The van der Waals surface area contributed by atoms with E-state index >= 15 is 0 Å². The molecule has 0 heterocycles. The molecule has 0 aromatic heterocycles. The fourth-order valence-corrected chi connectivity index (χ4v) is 3.00. The Kier molecular flexibility index (Phi) is 9.27. The van der Waals surface area contributed by atoms with Crippen molar-refractivity contribution in [1.29, 1.82) is 0 Å². The van der Waals surface area contributed by atoms with Gasteiger partial charge in [0.15, 0.2) is 0 Å². The van der Waals surface area contributed by atoms with Gasteiger partial charge in [-0.3, -0.25) is 4.79 Å². The first-order valence-electron chi connectivity index (χ1n) is 7.10. The van der Waals surface area contributed by atoms with E-state index in [2.05, 4.69) is 23.9 Å². The van der Waals surface area contributed by atoms with Gasteiger partial charge in [-0.05, 0) is 38.1 Å². The summed E-state index contributed by atoms with van der Waals surface area (Å²) in [5.74, 6) is -0.189. The van der Waals surface area contributed by atoms with Gasteiger partial charge in [0.2, 0.25) is 15.9 Å². The molecule has 0 fully saturated rings. The van der Waals surface area contributed by atoms with E-state index in [1.54, 1.807) is 12.1 Å². The molecule has 126 valence electrons. The van der Waals surface area contributed by atoms with Crippen LogP contribution in [-0.4, -0.2) is 40.5 Å². The maximum atomic E-state index is 12.1. The number of rotatable bonds is 8. The zero-order valence-corrected chi connectivity index (χ0v) is 14.7. The average molecular weight is 350 g/mol. The lowest BCUT2D eigenvalue weighted by atomic mass is 10.3. The van der Waals surface area contributed by atoms with Crippen molar-refractivity contribution >= 4 is 21.6 Å². The fraction of sp³-hybridized carbons (Fsp3) is 0.500. The summed E-state index contributed by atoms with van der Waals surface area (Å²) in [5, 5.41) is 2.60. The Morgan fingerprint density at radius 2 is 1.68 bits per heavy atom. The number of hydrogen-bond acceptors (Lipinski definition) is 3. The first-order chi connectivity index (χ1) is 9.89. The molecule has 0 bridgehead atoms. The van der Waals surface area contributed by atoms with Gasteiger partial charge in [0, 0.05) is 12.6 Å². The molecule has 0 atom stereocenters. The van der Waals surface area contributed by atoms with Crippen molar-refractivity contribution < 1.29 is 30.5 Å². The van der Waals surface area contributed by atoms with Gasteiger partial charge in [0.1, 0.15) is 0 Å². The van der Waals surface area contributed by atoms with Crippen LogP contribution in [0.2, 0.25) is 0 Å². The Morgan fingerprint density at radius 1 is 1.14 bits per heavy atom. The van der Waals surface area contributed by atoms with Gasteiger partial charge in [-0.2, -0.15) is 0 Å². The van der Waals surface area contributed by atoms with Crippen LogP contribution >= 0.6 is 0 Å². The molecule has 1 rings (SSSR count). The van der Waals surface area contributed by atoms with E-state index in [0.717, 1.165) is 19.6 Å². The third kappa shape index (κ3) is 6.74. The van der Waals surface area contributed by atoms with Gasteiger partial charge in [-0.25, -0.2) is 13.1 Å². The van der Waals surface area contributed by atoms with Gasteiger partial charge in [-0.15, -0.1) is 0 Å². The Hall–Kier alpha value is -1.15. The largest absolute Gasteiger partial charge is 1.00 e. The summed E-state index contributed by atoms with van der Waals surface area (Å²) in [6, 6.07) is 6.12. The lowest BCUT2D eigenvalue weighted by molar-refractivity contribution is -0.895. The molecule has 1 aromatic rings. The van der Waals surface area contributed by atoms with Crippen LogP contribution in [-0.2, 0) is 14.8 Å². The molecule has 8 heteroatoms. The number of halogens is 1. The molecule has 3 N–H and O–H groups in total. The minimum atomic E-state index is -3.49. The maximum Gasteiger partial charge on any atom is 0.240 e. The lowest BCUT2D eigenvalue weighted by Gasteiger charge is -2.15. The molecule has 1 aromatic carbocycles. The van der Waals surface area contributed by atoms with Crippen molar-refractivity contribution in [2.75, 3.05) is 31.5 Å². The molecule has 0 saturated carbocycles. The quantitative estimate of drug-likeness (QED) is 0.464. The molecule has 0 saturated heterocycles. The smallest absolute Gasteiger partial charge is 0.240 e. The highest BCUT2D eigenvalue weighted by atomic mass is 35.5. The Morgan fingerprint density at radius 3 is 2.14 bits per heavy atom. The molecule has 0 radical (unpaired) electrons. The molecule has 0 unspecified atom stereocenters. The number of carbonyl (C=O) groups is 1. The summed E-state index contributed by atoms with van der Waals surface area (Å²) in [5.41, 5.74) is 0.578. The van der Waals surface area contributed by atoms with Crippen molar-refractivity contribution in [2.24, 2.45) is 0 Å². The normalized spacial score (nSPS) is 11.1. The third-order valence-corrected chi connectivity index (χ3v) is 4.73. The zero-order valence-electron chi connectivity index (χ0n) is 13.1. The topological polar surface area (TPSA) is 79.7 Å². The second-order valence-corrected chi connectivity index (χ2v) is 6.58. The maximum absolute atomic E-state index is 12.1. The van der Waals surface area contributed by atoms with Crippen LogP contribution in [0.1, 0.15) is 20.8 Å². The van der Waals surface area contributed by atoms with Crippen molar-refractivity contribution in [3.8, 4) is 0 Å². The Labute approximate surface area is 138 Å². The van der Waals surface area contributed by atoms with Gasteiger partial charge in [0.25, 0.3) is 0 Å². The molecular formula is C14H24ClN3O3S.